The van der Waals surface area contributed by atoms with Crippen molar-refractivity contribution in [3.63, 3.8) is 0 Å². The number of hydrogen-bond donors (Lipinski definition) is 0. The molecule has 0 aliphatic carbocycles. The smallest absolute Gasteiger partial charge is 0.161 e. The highest BCUT2D eigenvalue weighted by molar-refractivity contribution is 6.41. The van der Waals surface area contributed by atoms with Crippen LogP contribution in [0.1, 0.15) is 0 Å². The molecule has 1 heterocycles. The Bertz CT molecular complexity index is 868. The van der Waals surface area contributed by atoms with E-state index in [2.05, 4.69) is 9.97 Å². The molecule has 0 aliphatic heterocycles. The summed E-state index contributed by atoms with van der Waals surface area (Å²) in [7, 11) is 0. The summed E-state index contributed by atoms with van der Waals surface area (Å²) in [5.41, 5.74) is 0.313. The first-order chi connectivity index (χ1) is 9.97. The Balaban J connectivity index is 2.30. The molecule has 1 aromatic heterocycles. The van der Waals surface area contributed by atoms with E-state index in [-0.39, 0.29) is 31.9 Å². The molecule has 21 heavy (non-hydrogen) atoms. The Hall–Kier alpha value is -1.49. The van der Waals surface area contributed by atoms with E-state index in [9.17, 15) is 8.78 Å². The third-order valence-corrected chi connectivity index (χ3v) is 3.78. The maximum atomic E-state index is 13.9. The fraction of sp³-hybridized carbons (Fsp3) is 0. The van der Waals surface area contributed by atoms with Gasteiger partial charge < -0.3 is 0 Å². The van der Waals surface area contributed by atoms with Crippen molar-refractivity contribution in [1.29, 1.82) is 0 Å². The van der Waals surface area contributed by atoms with Crippen LogP contribution < -0.4 is 0 Å². The van der Waals surface area contributed by atoms with Crippen LogP contribution in [0.15, 0.2) is 30.3 Å². The zero-order valence-electron chi connectivity index (χ0n) is 10.2. The molecule has 0 N–H and O–H groups in total. The van der Waals surface area contributed by atoms with Crippen LogP contribution in [0.5, 0.6) is 0 Å². The summed E-state index contributed by atoms with van der Waals surface area (Å²) >= 11 is 17.6. The number of nitrogens with zero attached hydrogens (tertiary/aromatic N) is 2. The van der Waals surface area contributed by atoms with E-state index in [4.69, 9.17) is 34.8 Å². The molecule has 0 fully saturated rings. The van der Waals surface area contributed by atoms with E-state index in [1.807, 2.05) is 0 Å². The highest BCUT2D eigenvalue weighted by Gasteiger charge is 2.15. The lowest BCUT2D eigenvalue weighted by molar-refractivity contribution is 0.628. The normalized spacial score (nSPS) is 11.1. The second kappa shape index (κ2) is 5.37. The topological polar surface area (TPSA) is 25.8 Å². The first-order valence-corrected chi connectivity index (χ1v) is 6.87. The third kappa shape index (κ3) is 2.55. The summed E-state index contributed by atoms with van der Waals surface area (Å²) in [5.74, 6) is -1.13. The molecule has 3 rings (SSSR count). The third-order valence-electron chi connectivity index (χ3n) is 2.88. The predicted octanol–water partition coefficient (Wildman–Crippen LogP) is 5.54. The number of halogens is 5. The fourth-order valence-electron chi connectivity index (χ4n) is 1.89. The number of hydrogen-bond acceptors (Lipinski definition) is 2. The predicted molar refractivity (Wildman–Crippen MR) is 79.9 cm³/mol. The lowest BCUT2D eigenvalue weighted by atomic mass is 10.2. The number of rotatable bonds is 1. The van der Waals surface area contributed by atoms with Gasteiger partial charge >= 0.3 is 0 Å². The zero-order valence-corrected chi connectivity index (χ0v) is 12.4. The van der Waals surface area contributed by atoms with Crippen LogP contribution in [-0.2, 0) is 0 Å². The van der Waals surface area contributed by atoms with Gasteiger partial charge in [0.2, 0.25) is 0 Å². The fourth-order valence-corrected chi connectivity index (χ4v) is 2.57. The summed E-state index contributed by atoms with van der Waals surface area (Å²) in [6.45, 7) is 0. The summed E-state index contributed by atoms with van der Waals surface area (Å²) in [6, 6.07) is 6.59. The lowest BCUT2D eigenvalue weighted by Gasteiger charge is -2.07. The minimum Gasteiger partial charge on any atom is -0.225 e. The van der Waals surface area contributed by atoms with Gasteiger partial charge in [0, 0.05) is 5.56 Å². The molecule has 0 unspecified atom stereocenters. The monoisotopic (exact) mass is 344 g/mol. The maximum absolute atomic E-state index is 13.9. The van der Waals surface area contributed by atoms with Crippen LogP contribution in [0.3, 0.4) is 0 Å². The summed E-state index contributed by atoms with van der Waals surface area (Å²) in [4.78, 5) is 8.11. The van der Waals surface area contributed by atoms with Gasteiger partial charge in [0.05, 0.1) is 15.4 Å². The molecule has 0 aliphatic rings. The van der Waals surface area contributed by atoms with Gasteiger partial charge in [-0.05, 0) is 30.3 Å². The van der Waals surface area contributed by atoms with Crippen LogP contribution >= 0.6 is 34.8 Å². The molecule has 0 bridgehead atoms. The van der Waals surface area contributed by atoms with Crippen LogP contribution in [0, 0.1) is 11.6 Å². The molecule has 2 aromatic carbocycles. The van der Waals surface area contributed by atoms with Gasteiger partial charge in [-0.1, -0.05) is 34.8 Å². The second-order valence-electron chi connectivity index (χ2n) is 4.22. The number of benzene rings is 2. The van der Waals surface area contributed by atoms with E-state index >= 15 is 0 Å². The van der Waals surface area contributed by atoms with E-state index in [0.29, 0.717) is 5.56 Å². The van der Waals surface area contributed by atoms with E-state index in [1.165, 1.54) is 24.3 Å². The van der Waals surface area contributed by atoms with Crippen molar-refractivity contribution in [2.24, 2.45) is 0 Å². The molecule has 0 spiro atoms. The Labute approximate surface area is 133 Å². The largest absolute Gasteiger partial charge is 0.225 e. The van der Waals surface area contributed by atoms with Gasteiger partial charge in [-0.2, -0.15) is 0 Å². The summed E-state index contributed by atoms with van der Waals surface area (Å²) in [6.07, 6.45) is 0. The van der Waals surface area contributed by atoms with Gasteiger partial charge in [0.1, 0.15) is 22.3 Å². The average molecular weight is 346 g/mol. The van der Waals surface area contributed by atoms with E-state index in [1.54, 1.807) is 0 Å². The molecule has 0 radical (unpaired) electrons. The van der Waals surface area contributed by atoms with Gasteiger partial charge in [0.15, 0.2) is 5.82 Å². The van der Waals surface area contributed by atoms with Crippen LogP contribution in [0.25, 0.3) is 22.3 Å². The Morgan fingerprint density at radius 3 is 2.24 bits per heavy atom. The average Bonchev–Trinajstić information content (AvgIpc) is 2.45. The quantitative estimate of drug-likeness (QED) is 0.542. The summed E-state index contributed by atoms with van der Waals surface area (Å²) < 4.78 is 27.4. The van der Waals surface area contributed by atoms with Gasteiger partial charge in [0.25, 0.3) is 0 Å². The first kappa shape index (κ1) is 14.4. The SMILES string of the molecule is Fc1cc(-c2nc(Cl)c3c(Cl)ccc(F)c3n2)ccc1Cl. The van der Waals surface area contributed by atoms with Gasteiger partial charge in [-0.3, -0.25) is 0 Å². The van der Waals surface area contributed by atoms with E-state index in [0.717, 1.165) is 6.07 Å². The van der Waals surface area contributed by atoms with E-state index < -0.39 is 11.6 Å². The molecule has 0 saturated heterocycles. The zero-order chi connectivity index (χ0) is 15.1. The summed E-state index contributed by atoms with van der Waals surface area (Å²) in [5, 5.41) is 0.427. The maximum Gasteiger partial charge on any atom is 0.161 e. The Morgan fingerprint density at radius 2 is 1.52 bits per heavy atom. The number of aromatic nitrogens is 2. The van der Waals surface area contributed by atoms with Crippen molar-refractivity contribution in [2.45, 2.75) is 0 Å². The van der Waals surface area contributed by atoms with Crippen molar-refractivity contribution < 1.29 is 8.78 Å². The van der Waals surface area contributed by atoms with Crippen molar-refractivity contribution in [1.82, 2.24) is 9.97 Å². The molecule has 7 heteroatoms. The van der Waals surface area contributed by atoms with Gasteiger partial charge in [-0.15, -0.1) is 0 Å². The standard InChI is InChI=1S/C14H5Cl3F2N2/c15-7-2-1-6(5-10(7)19)14-20-12-9(18)4-3-8(16)11(12)13(17)21-14/h1-5H. The molecule has 0 atom stereocenters. The first-order valence-electron chi connectivity index (χ1n) is 5.74. The van der Waals surface area contributed by atoms with Crippen LogP contribution in [-0.4, -0.2) is 9.97 Å². The van der Waals surface area contributed by atoms with Crippen LogP contribution in [0.2, 0.25) is 15.2 Å². The molecule has 3 aromatic rings. The molecule has 2 nitrogen and oxygen atoms in total. The Kier molecular flexibility index (Phi) is 3.69. The molecular formula is C14H5Cl3F2N2. The molecule has 0 amide bonds. The molecule has 0 saturated carbocycles. The molecule has 106 valence electrons. The van der Waals surface area contributed by atoms with Crippen molar-refractivity contribution in [2.75, 3.05) is 0 Å². The molecular weight excluding hydrogens is 341 g/mol. The highest BCUT2D eigenvalue weighted by Crippen LogP contribution is 2.32. The minimum atomic E-state index is -0.624. The number of fused-ring (bicyclic) bond motifs is 1. The van der Waals surface area contributed by atoms with Crippen molar-refractivity contribution in [3.8, 4) is 11.4 Å². The van der Waals surface area contributed by atoms with Crippen molar-refractivity contribution >= 4 is 45.7 Å². The Morgan fingerprint density at radius 1 is 0.810 bits per heavy atom. The minimum absolute atomic E-state index is 0.00476. The van der Waals surface area contributed by atoms with Crippen LogP contribution in [0.4, 0.5) is 8.78 Å². The second-order valence-corrected chi connectivity index (χ2v) is 5.39. The van der Waals surface area contributed by atoms with Crippen molar-refractivity contribution in [3.05, 3.63) is 57.2 Å². The van der Waals surface area contributed by atoms with Gasteiger partial charge in [-0.25, -0.2) is 18.7 Å². The highest BCUT2D eigenvalue weighted by atomic mass is 35.5. The lowest BCUT2D eigenvalue weighted by Crippen LogP contribution is -1.95.